The smallest absolute Gasteiger partial charge is 0.269 e. The van der Waals surface area contributed by atoms with Crippen LogP contribution in [0.25, 0.3) is 0 Å². The topological polar surface area (TPSA) is 63.2 Å². The second kappa shape index (κ2) is 8.60. The molecule has 0 aliphatic rings. The molecule has 134 valence electrons. The highest BCUT2D eigenvalue weighted by atomic mass is 35.5. The van der Waals surface area contributed by atoms with Crippen LogP contribution in [0.5, 0.6) is 5.75 Å². The number of benzene rings is 2. The number of carbonyl (C=O) groups excluding carboxylic acids is 1. The quantitative estimate of drug-likeness (QED) is 0.513. The van der Waals surface area contributed by atoms with Crippen LogP contribution in [-0.4, -0.2) is 10.9 Å². The summed E-state index contributed by atoms with van der Waals surface area (Å²) in [6, 6.07) is 9.84. The molecule has 1 aromatic heterocycles. The molecule has 0 saturated carbocycles. The molecule has 0 aliphatic heterocycles. The summed E-state index contributed by atoms with van der Waals surface area (Å²) in [5, 5.41) is 2.90. The minimum absolute atomic E-state index is 0.295. The largest absolute Gasteiger partial charge is 0.487 e. The van der Waals surface area contributed by atoms with Gasteiger partial charge in [0.05, 0.1) is 26.9 Å². The Kier molecular flexibility index (Phi) is 6.21. The number of thiazole rings is 1. The number of amides is 1. The number of nitrogens with zero attached hydrogens (tertiary/aromatic N) is 1. The molecule has 0 bridgehead atoms. The lowest BCUT2D eigenvalue weighted by Gasteiger charge is -2.12. The van der Waals surface area contributed by atoms with Gasteiger partial charge in [0.25, 0.3) is 5.91 Å². The summed E-state index contributed by atoms with van der Waals surface area (Å²) in [5.41, 5.74) is 8.60. The fourth-order valence-corrected chi connectivity index (χ4v) is 3.50. The minimum Gasteiger partial charge on any atom is -0.487 e. The van der Waals surface area contributed by atoms with E-state index in [0.717, 1.165) is 5.69 Å². The molecule has 2 aromatic carbocycles. The molecule has 1 amide bonds. The van der Waals surface area contributed by atoms with Crippen LogP contribution in [0.15, 0.2) is 47.3 Å². The summed E-state index contributed by atoms with van der Waals surface area (Å²) in [6.45, 7) is 0.336. The zero-order chi connectivity index (χ0) is 18.5. The van der Waals surface area contributed by atoms with Crippen molar-refractivity contribution in [2.24, 2.45) is 0 Å². The Labute approximate surface area is 168 Å². The van der Waals surface area contributed by atoms with Gasteiger partial charge in [-0.3, -0.25) is 15.6 Å². The standard InChI is InChI=1S/C17H12Cl3N3O2S/c18-11-5-14(19)16(15(20)6-11)22-23-17(24)10-2-1-3-13(4-10)25-7-12-8-26-9-21-12/h1-6,8-9,22H,7H2,(H,23,24). The van der Waals surface area contributed by atoms with Crippen LogP contribution in [0.2, 0.25) is 15.1 Å². The molecule has 26 heavy (non-hydrogen) atoms. The zero-order valence-electron chi connectivity index (χ0n) is 13.1. The Hall–Kier alpha value is -1.99. The van der Waals surface area contributed by atoms with Gasteiger partial charge in [-0.1, -0.05) is 40.9 Å². The van der Waals surface area contributed by atoms with Crippen LogP contribution in [0.4, 0.5) is 5.69 Å². The third kappa shape index (κ3) is 4.80. The van der Waals surface area contributed by atoms with Gasteiger partial charge < -0.3 is 4.74 Å². The number of nitrogens with one attached hydrogen (secondary N) is 2. The lowest BCUT2D eigenvalue weighted by molar-refractivity contribution is 0.0962. The molecular weight excluding hydrogens is 417 g/mol. The first kappa shape index (κ1) is 18.8. The first-order valence-electron chi connectivity index (χ1n) is 7.34. The van der Waals surface area contributed by atoms with Crippen molar-refractivity contribution in [1.29, 1.82) is 0 Å². The number of halogens is 3. The van der Waals surface area contributed by atoms with E-state index in [0.29, 0.717) is 38.7 Å². The monoisotopic (exact) mass is 427 g/mol. The lowest BCUT2D eigenvalue weighted by Crippen LogP contribution is -2.29. The van der Waals surface area contributed by atoms with Crippen LogP contribution in [0.1, 0.15) is 16.1 Å². The molecule has 2 N–H and O–H groups in total. The number of rotatable bonds is 6. The van der Waals surface area contributed by atoms with E-state index >= 15 is 0 Å². The maximum Gasteiger partial charge on any atom is 0.269 e. The fraction of sp³-hybridized carbons (Fsp3) is 0.0588. The van der Waals surface area contributed by atoms with Crippen molar-refractivity contribution in [1.82, 2.24) is 10.4 Å². The van der Waals surface area contributed by atoms with Crippen molar-refractivity contribution < 1.29 is 9.53 Å². The van der Waals surface area contributed by atoms with Crippen molar-refractivity contribution in [3.05, 3.63) is 73.6 Å². The Morgan fingerprint density at radius 3 is 2.62 bits per heavy atom. The summed E-state index contributed by atoms with van der Waals surface area (Å²) in [7, 11) is 0. The Balaban J connectivity index is 1.64. The molecule has 3 rings (SSSR count). The van der Waals surface area contributed by atoms with E-state index in [1.807, 2.05) is 5.38 Å². The molecule has 9 heteroatoms. The molecule has 0 aliphatic carbocycles. The molecule has 0 fully saturated rings. The maximum atomic E-state index is 12.3. The van der Waals surface area contributed by atoms with Crippen LogP contribution in [0.3, 0.4) is 0 Å². The van der Waals surface area contributed by atoms with Crippen molar-refractivity contribution in [2.75, 3.05) is 5.43 Å². The Morgan fingerprint density at radius 2 is 1.92 bits per heavy atom. The van der Waals surface area contributed by atoms with E-state index in [1.165, 1.54) is 23.5 Å². The highest BCUT2D eigenvalue weighted by Gasteiger charge is 2.11. The molecule has 5 nitrogen and oxygen atoms in total. The van der Waals surface area contributed by atoms with Crippen molar-refractivity contribution in [2.45, 2.75) is 6.61 Å². The van der Waals surface area contributed by atoms with Crippen LogP contribution in [-0.2, 0) is 6.61 Å². The normalized spacial score (nSPS) is 10.4. The molecule has 3 aromatic rings. The van der Waals surface area contributed by atoms with E-state index in [9.17, 15) is 4.79 Å². The van der Waals surface area contributed by atoms with Gasteiger partial charge in [-0.25, -0.2) is 4.98 Å². The molecule has 0 unspecified atom stereocenters. The number of hydrogen-bond acceptors (Lipinski definition) is 5. The lowest BCUT2D eigenvalue weighted by atomic mass is 10.2. The summed E-state index contributed by atoms with van der Waals surface area (Å²) in [4.78, 5) is 16.5. The summed E-state index contributed by atoms with van der Waals surface area (Å²) in [6.07, 6.45) is 0. The fourth-order valence-electron chi connectivity index (χ4n) is 2.05. The second-order valence-corrected chi connectivity index (χ2v) is 7.09. The first-order chi connectivity index (χ1) is 12.5. The maximum absolute atomic E-state index is 12.3. The predicted molar refractivity (Wildman–Crippen MR) is 105 cm³/mol. The van der Waals surface area contributed by atoms with Gasteiger partial charge in [-0.05, 0) is 30.3 Å². The molecule has 0 radical (unpaired) electrons. The Morgan fingerprint density at radius 1 is 1.15 bits per heavy atom. The van der Waals surface area contributed by atoms with Crippen molar-refractivity contribution in [3.63, 3.8) is 0 Å². The van der Waals surface area contributed by atoms with Crippen molar-refractivity contribution >= 4 is 57.7 Å². The van der Waals surface area contributed by atoms with E-state index in [4.69, 9.17) is 39.5 Å². The van der Waals surface area contributed by atoms with Crippen LogP contribution in [0, 0.1) is 0 Å². The van der Waals surface area contributed by atoms with E-state index in [1.54, 1.807) is 29.8 Å². The highest BCUT2D eigenvalue weighted by Crippen LogP contribution is 2.33. The van der Waals surface area contributed by atoms with Gasteiger partial charge in [0.1, 0.15) is 12.4 Å². The van der Waals surface area contributed by atoms with Crippen LogP contribution >= 0.6 is 46.1 Å². The van der Waals surface area contributed by atoms with Gasteiger partial charge in [0.15, 0.2) is 0 Å². The van der Waals surface area contributed by atoms with Gasteiger partial charge in [0.2, 0.25) is 0 Å². The Bertz CT molecular complexity index is 896. The number of aromatic nitrogens is 1. The van der Waals surface area contributed by atoms with Gasteiger partial charge >= 0.3 is 0 Å². The number of anilines is 1. The van der Waals surface area contributed by atoms with Gasteiger partial charge in [-0.2, -0.15) is 0 Å². The average Bonchev–Trinajstić information content (AvgIpc) is 3.12. The van der Waals surface area contributed by atoms with E-state index < -0.39 is 0 Å². The second-order valence-electron chi connectivity index (χ2n) is 5.12. The number of hydrogen-bond donors (Lipinski definition) is 2. The van der Waals surface area contributed by atoms with Crippen molar-refractivity contribution in [3.8, 4) is 5.75 Å². The highest BCUT2D eigenvalue weighted by molar-refractivity contribution is 7.07. The van der Waals surface area contributed by atoms with E-state index in [2.05, 4.69) is 15.8 Å². The third-order valence-corrected chi connectivity index (χ3v) is 4.72. The van der Waals surface area contributed by atoms with E-state index in [-0.39, 0.29) is 5.91 Å². The number of carbonyl (C=O) groups is 1. The molecule has 1 heterocycles. The molecule has 0 atom stereocenters. The van der Waals surface area contributed by atoms with Crippen LogP contribution < -0.4 is 15.6 Å². The average molecular weight is 429 g/mol. The van der Waals surface area contributed by atoms with Gasteiger partial charge in [0, 0.05) is 16.0 Å². The first-order valence-corrected chi connectivity index (χ1v) is 9.41. The predicted octanol–water partition coefficient (Wildman–Crippen LogP) is 5.44. The zero-order valence-corrected chi connectivity index (χ0v) is 16.2. The number of ether oxygens (including phenoxy) is 1. The molecule has 0 saturated heterocycles. The summed E-state index contributed by atoms with van der Waals surface area (Å²) < 4.78 is 5.64. The molecule has 0 spiro atoms. The number of hydrazine groups is 1. The minimum atomic E-state index is -0.369. The molecular formula is C17H12Cl3N3O2S. The summed E-state index contributed by atoms with van der Waals surface area (Å²) in [5.74, 6) is 0.194. The SMILES string of the molecule is O=C(NNc1c(Cl)cc(Cl)cc1Cl)c1cccc(OCc2cscn2)c1. The van der Waals surface area contributed by atoms with Gasteiger partial charge in [-0.15, -0.1) is 11.3 Å². The third-order valence-electron chi connectivity index (χ3n) is 3.27. The summed E-state index contributed by atoms with van der Waals surface area (Å²) >= 11 is 19.5.